The molecular weight excluding hydrogens is 252 g/mol. The summed E-state index contributed by atoms with van der Waals surface area (Å²) in [4.78, 5) is 8.95. The maximum Gasteiger partial charge on any atom is 0.242 e. The Bertz CT molecular complexity index is 452. The number of hydrogen-bond acceptors (Lipinski definition) is 5. The van der Waals surface area contributed by atoms with Crippen LogP contribution in [0.15, 0.2) is 12.7 Å². The van der Waals surface area contributed by atoms with Gasteiger partial charge in [0.2, 0.25) is 5.88 Å². The molecule has 0 spiro atoms. The van der Waals surface area contributed by atoms with Crippen LogP contribution in [0, 0.1) is 0 Å². The van der Waals surface area contributed by atoms with Crippen LogP contribution in [0.25, 0.3) is 0 Å². The minimum absolute atomic E-state index is 0.166. The third-order valence-electron chi connectivity index (χ3n) is 2.73. The molecule has 0 bridgehead atoms. The second-order valence-corrected chi connectivity index (χ2v) is 5.74. The largest absolute Gasteiger partial charge is 0.476 e. The molecule has 0 radical (unpaired) electrons. The molecule has 0 aromatic carbocycles. The van der Waals surface area contributed by atoms with Gasteiger partial charge in [-0.05, 0) is 6.42 Å². The van der Waals surface area contributed by atoms with Gasteiger partial charge < -0.3 is 15.8 Å². The summed E-state index contributed by atoms with van der Waals surface area (Å²) in [6.45, 7) is 13.2. The van der Waals surface area contributed by atoms with Gasteiger partial charge in [0.1, 0.15) is 11.5 Å². The highest BCUT2D eigenvalue weighted by atomic mass is 16.5. The molecule has 1 aromatic heterocycles. The van der Waals surface area contributed by atoms with Crippen molar-refractivity contribution in [3.8, 4) is 5.88 Å². The van der Waals surface area contributed by atoms with Crippen molar-refractivity contribution in [3.05, 3.63) is 18.5 Å². The zero-order valence-electron chi connectivity index (χ0n) is 13.0. The number of rotatable bonds is 7. The molecule has 3 N–H and O–H groups in total. The second kappa shape index (κ2) is 7.12. The van der Waals surface area contributed by atoms with Gasteiger partial charge in [-0.25, -0.2) is 4.98 Å². The Morgan fingerprint density at radius 3 is 2.60 bits per heavy atom. The van der Waals surface area contributed by atoms with Crippen molar-refractivity contribution in [2.45, 2.75) is 46.0 Å². The predicted octanol–water partition coefficient (Wildman–Crippen LogP) is 3.13. The number of nitrogens with zero attached hydrogens (tertiary/aromatic N) is 2. The van der Waals surface area contributed by atoms with Crippen molar-refractivity contribution >= 4 is 11.5 Å². The van der Waals surface area contributed by atoms with Crippen molar-refractivity contribution in [2.75, 3.05) is 24.2 Å². The van der Waals surface area contributed by atoms with Gasteiger partial charge in [-0.2, -0.15) is 4.98 Å². The highest BCUT2D eigenvalue weighted by Crippen LogP contribution is 2.30. The van der Waals surface area contributed by atoms with Crippen LogP contribution in [0.4, 0.5) is 11.5 Å². The summed E-state index contributed by atoms with van der Waals surface area (Å²) in [7, 11) is 0. The number of ether oxygens (including phenoxy) is 1. The number of hydrogen-bond donors (Lipinski definition) is 2. The van der Waals surface area contributed by atoms with Crippen LogP contribution < -0.4 is 15.8 Å². The van der Waals surface area contributed by atoms with E-state index < -0.39 is 0 Å². The summed E-state index contributed by atoms with van der Waals surface area (Å²) in [5, 5.41) is 3.13. The first kappa shape index (κ1) is 16.3. The first-order valence-corrected chi connectivity index (χ1v) is 7.05. The summed E-state index contributed by atoms with van der Waals surface area (Å²) < 4.78 is 5.69. The van der Waals surface area contributed by atoms with Crippen molar-refractivity contribution in [3.63, 3.8) is 0 Å². The number of anilines is 2. The molecule has 0 saturated heterocycles. The highest BCUT2D eigenvalue weighted by Gasteiger charge is 2.22. The van der Waals surface area contributed by atoms with E-state index in [0.29, 0.717) is 36.4 Å². The van der Waals surface area contributed by atoms with Gasteiger partial charge in [-0.15, -0.1) is 6.58 Å². The lowest BCUT2D eigenvalue weighted by atomic mass is 9.96. The maximum absolute atomic E-state index is 6.07. The smallest absolute Gasteiger partial charge is 0.242 e. The molecule has 0 fully saturated rings. The van der Waals surface area contributed by atoms with Gasteiger partial charge in [0.15, 0.2) is 5.82 Å². The predicted molar refractivity (Wildman–Crippen MR) is 84.2 cm³/mol. The number of nitrogens with one attached hydrogen (secondary N) is 1. The van der Waals surface area contributed by atoms with Crippen LogP contribution >= 0.6 is 0 Å². The van der Waals surface area contributed by atoms with Crippen LogP contribution in [0.1, 0.15) is 46.4 Å². The summed E-state index contributed by atoms with van der Waals surface area (Å²) in [6.07, 6.45) is 3.80. The molecule has 5 nitrogen and oxygen atoms in total. The fourth-order valence-corrected chi connectivity index (χ4v) is 1.51. The third kappa shape index (κ3) is 4.40. The van der Waals surface area contributed by atoms with E-state index in [2.05, 4.69) is 49.6 Å². The molecule has 5 heteroatoms. The summed E-state index contributed by atoms with van der Waals surface area (Å²) >= 11 is 0. The first-order chi connectivity index (χ1) is 9.40. The quantitative estimate of drug-likeness (QED) is 0.592. The first-order valence-electron chi connectivity index (χ1n) is 7.05. The van der Waals surface area contributed by atoms with Crippen molar-refractivity contribution < 1.29 is 4.74 Å². The standard InChI is InChI=1S/C15H26N4O/c1-6-8-10-20-13-11(16)12(17-9-7-2)18-14(19-13)15(3,4)5/h7H,2,6,8-10,16H2,1,3-5H3,(H,17,18,19). The number of unbranched alkanes of at least 4 members (excludes halogenated alkanes) is 1. The molecular formula is C15H26N4O. The van der Waals surface area contributed by atoms with E-state index in [1.54, 1.807) is 6.08 Å². The average Bonchev–Trinajstić information content (AvgIpc) is 2.38. The van der Waals surface area contributed by atoms with Crippen molar-refractivity contribution in [1.82, 2.24) is 9.97 Å². The van der Waals surface area contributed by atoms with E-state index in [4.69, 9.17) is 10.5 Å². The van der Waals surface area contributed by atoms with Gasteiger partial charge in [-0.3, -0.25) is 0 Å². The van der Waals surface area contributed by atoms with E-state index in [1.807, 2.05) is 0 Å². The second-order valence-electron chi connectivity index (χ2n) is 5.74. The van der Waals surface area contributed by atoms with Crippen LogP contribution in [0.5, 0.6) is 5.88 Å². The Kier molecular flexibility index (Phi) is 5.80. The number of nitrogen functional groups attached to an aromatic ring is 1. The average molecular weight is 278 g/mol. The molecule has 1 rings (SSSR count). The fraction of sp³-hybridized carbons (Fsp3) is 0.600. The van der Waals surface area contributed by atoms with Crippen LogP contribution in [0.2, 0.25) is 0 Å². The lowest BCUT2D eigenvalue weighted by molar-refractivity contribution is 0.296. The number of aromatic nitrogens is 2. The molecule has 0 aliphatic heterocycles. The summed E-state index contributed by atoms with van der Waals surface area (Å²) in [5.74, 6) is 1.78. The lowest BCUT2D eigenvalue weighted by Crippen LogP contribution is -2.19. The van der Waals surface area contributed by atoms with Crippen LogP contribution in [0.3, 0.4) is 0 Å². The van der Waals surface area contributed by atoms with E-state index in [-0.39, 0.29) is 5.41 Å². The maximum atomic E-state index is 6.07. The molecule has 1 aromatic rings. The molecule has 0 saturated carbocycles. The monoisotopic (exact) mass is 278 g/mol. The molecule has 1 heterocycles. The van der Waals surface area contributed by atoms with Crippen molar-refractivity contribution in [2.24, 2.45) is 0 Å². The van der Waals surface area contributed by atoms with Crippen molar-refractivity contribution in [1.29, 1.82) is 0 Å². The van der Waals surface area contributed by atoms with Gasteiger partial charge in [0.05, 0.1) is 6.61 Å². The molecule has 0 atom stereocenters. The number of nitrogens with two attached hydrogens (primary N) is 1. The Morgan fingerprint density at radius 1 is 1.35 bits per heavy atom. The van der Waals surface area contributed by atoms with Gasteiger partial charge in [-0.1, -0.05) is 40.2 Å². The topological polar surface area (TPSA) is 73.1 Å². The molecule has 0 aliphatic carbocycles. The highest BCUT2D eigenvalue weighted by molar-refractivity contribution is 5.67. The Hall–Kier alpha value is -1.78. The lowest BCUT2D eigenvalue weighted by Gasteiger charge is -2.20. The molecule has 20 heavy (non-hydrogen) atoms. The minimum atomic E-state index is -0.166. The van der Waals surface area contributed by atoms with E-state index in [0.717, 1.165) is 12.8 Å². The van der Waals surface area contributed by atoms with Crippen LogP contribution in [-0.2, 0) is 5.41 Å². The normalized spacial score (nSPS) is 11.2. The van der Waals surface area contributed by atoms with Gasteiger partial charge >= 0.3 is 0 Å². The third-order valence-corrected chi connectivity index (χ3v) is 2.73. The Labute approximate surface area is 121 Å². The minimum Gasteiger partial charge on any atom is -0.476 e. The molecule has 0 aliphatic rings. The zero-order chi connectivity index (χ0) is 15.2. The SMILES string of the molecule is C=CCNc1nc(C(C)(C)C)nc(OCCCC)c1N. The van der Waals surface area contributed by atoms with E-state index in [1.165, 1.54) is 0 Å². The molecule has 112 valence electrons. The van der Waals surface area contributed by atoms with Gasteiger partial charge in [0, 0.05) is 12.0 Å². The van der Waals surface area contributed by atoms with E-state index >= 15 is 0 Å². The van der Waals surface area contributed by atoms with Crippen LogP contribution in [-0.4, -0.2) is 23.1 Å². The summed E-state index contributed by atoms with van der Waals surface area (Å²) in [5.41, 5.74) is 6.36. The zero-order valence-corrected chi connectivity index (χ0v) is 13.0. The molecule has 0 amide bonds. The van der Waals surface area contributed by atoms with Gasteiger partial charge in [0.25, 0.3) is 0 Å². The Morgan fingerprint density at radius 2 is 2.05 bits per heavy atom. The summed E-state index contributed by atoms with van der Waals surface area (Å²) in [6, 6.07) is 0. The molecule has 0 unspecified atom stereocenters. The fourth-order valence-electron chi connectivity index (χ4n) is 1.51. The Balaban J connectivity index is 3.09. The van der Waals surface area contributed by atoms with E-state index in [9.17, 15) is 0 Å².